The number of phenolic OH excluding ortho intramolecular Hbond substituents is 1. The van der Waals surface area contributed by atoms with Crippen LogP contribution in [0.25, 0.3) is 6.08 Å². The largest absolute Gasteiger partial charge is 0.508 e. The summed E-state index contributed by atoms with van der Waals surface area (Å²) in [7, 11) is 0. The normalized spacial score (nSPS) is 12.6. The van der Waals surface area contributed by atoms with E-state index >= 15 is 0 Å². The Bertz CT molecular complexity index is 398. The van der Waals surface area contributed by atoms with E-state index in [1.54, 1.807) is 30.3 Å². The zero-order chi connectivity index (χ0) is 13.4. The number of rotatable bonds is 6. The van der Waals surface area contributed by atoms with Crippen LogP contribution in [0, 0.1) is 0 Å². The molecule has 0 aliphatic carbocycles. The summed E-state index contributed by atoms with van der Waals surface area (Å²) < 4.78 is 0. The molecule has 1 rings (SSSR count). The van der Waals surface area contributed by atoms with Crippen LogP contribution >= 0.6 is 0 Å². The first-order valence-electron chi connectivity index (χ1n) is 6.05. The number of hydrogen-bond acceptors (Lipinski definition) is 3. The second-order valence-electron chi connectivity index (χ2n) is 4.07. The molecule has 1 atom stereocenters. The lowest BCUT2D eigenvalue weighted by atomic mass is 10.2. The fraction of sp³-hybridized carbons (Fsp3) is 0.357. The Labute approximate surface area is 107 Å². The van der Waals surface area contributed by atoms with Gasteiger partial charge in [0.15, 0.2) is 0 Å². The van der Waals surface area contributed by atoms with E-state index in [9.17, 15) is 9.90 Å². The molecule has 4 heteroatoms. The van der Waals surface area contributed by atoms with Gasteiger partial charge < -0.3 is 15.5 Å². The molecule has 18 heavy (non-hydrogen) atoms. The van der Waals surface area contributed by atoms with Gasteiger partial charge >= 0.3 is 0 Å². The van der Waals surface area contributed by atoms with Crippen LogP contribution < -0.4 is 5.32 Å². The van der Waals surface area contributed by atoms with Crippen LogP contribution in [0.4, 0.5) is 0 Å². The van der Waals surface area contributed by atoms with Crippen molar-refractivity contribution < 1.29 is 15.0 Å². The average molecular weight is 249 g/mol. The number of hydrogen-bond donors (Lipinski definition) is 3. The number of aromatic hydroxyl groups is 1. The van der Waals surface area contributed by atoms with Crippen LogP contribution in [0.15, 0.2) is 30.3 Å². The summed E-state index contributed by atoms with van der Waals surface area (Å²) in [5.74, 6) is 0.0107. The summed E-state index contributed by atoms with van der Waals surface area (Å²) in [5.41, 5.74) is 0.844. The number of carbonyl (C=O) groups is 1. The molecule has 0 bridgehead atoms. The lowest BCUT2D eigenvalue weighted by molar-refractivity contribution is -0.116. The molecule has 3 N–H and O–H groups in total. The topological polar surface area (TPSA) is 69.6 Å². The maximum atomic E-state index is 11.4. The predicted octanol–water partition coefficient (Wildman–Crippen LogP) is 1.68. The third-order valence-corrected chi connectivity index (χ3v) is 2.57. The van der Waals surface area contributed by atoms with Crippen molar-refractivity contribution >= 4 is 12.0 Å². The molecule has 0 aliphatic rings. The van der Waals surface area contributed by atoms with Crippen LogP contribution in [-0.2, 0) is 4.79 Å². The number of phenols is 1. The first-order valence-corrected chi connectivity index (χ1v) is 6.05. The Balaban J connectivity index is 2.33. The zero-order valence-electron chi connectivity index (χ0n) is 10.5. The number of benzene rings is 1. The van der Waals surface area contributed by atoms with Gasteiger partial charge in [0, 0.05) is 12.6 Å². The number of aliphatic hydroxyl groups is 1. The van der Waals surface area contributed by atoms with Gasteiger partial charge in [-0.25, -0.2) is 0 Å². The first-order chi connectivity index (χ1) is 8.61. The summed E-state index contributed by atoms with van der Waals surface area (Å²) in [5, 5.41) is 21.1. The van der Waals surface area contributed by atoms with E-state index < -0.39 is 0 Å². The van der Waals surface area contributed by atoms with Gasteiger partial charge in [-0.3, -0.25) is 4.79 Å². The van der Waals surface area contributed by atoms with E-state index in [0.29, 0.717) is 19.4 Å². The molecule has 1 amide bonds. The van der Waals surface area contributed by atoms with Crippen molar-refractivity contribution in [2.45, 2.75) is 25.9 Å². The van der Waals surface area contributed by atoms with Crippen LogP contribution in [0.1, 0.15) is 25.3 Å². The average Bonchev–Trinajstić information content (AvgIpc) is 2.38. The molecule has 98 valence electrons. The zero-order valence-corrected chi connectivity index (χ0v) is 10.5. The number of carbonyl (C=O) groups excluding carboxylic acids is 1. The number of nitrogens with one attached hydrogen (secondary N) is 1. The molecule has 1 unspecified atom stereocenters. The number of aliphatic hydroxyl groups excluding tert-OH is 1. The van der Waals surface area contributed by atoms with Crippen molar-refractivity contribution in [2.75, 3.05) is 6.54 Å². The molecular weight excluding hydrogens is 230 g/mol. The molecule has 0 aromatic heterocycles. The standard InChI is InChI=1S/C14H19NO3/c1-2-12(16)9-10-15-14(18)8-5-11-3-6-13(17)7-4-11/h3-8,12,16-17H,2,9-10H2,1H3,(H,15,18)/b8-5+. The SMILES string of the molecule is CCC(O)CCNC(=O)/C=C/c1ccc(O)cc1. The Kier molecular flexibility index (Phi) is 5.94. The molecule has 1 aromatic rings. The molecule has 0 radical (unpaired) electrons. The second kappa shape index (κ2) is 7.50. The summed E-state index contributed by atoms with van der Waals surface area (Å²) in [6.45, 7) is 2.37. The monoisotopic (exact) mass is 249 g/mol. The molecular formula is C14H19NO3. The highest BCUT2D eigenvalue weighted by molar-refractivity contribution is 5.91. The Hall–Kier alpha value is -1.81. The summed E-state index contributed by atoms with van der Waals surface area (Å²) in [4.78, 5) is 11.4. The van der Waals surface area contributed by atoms with Gasteiger partial charge in [-0.15, -0.1) is 0 Å². The molecule has 0 saturated carbocycles. The van der Waals surface area contributed by atoms with Gasteiger partial charge in [-0.05, 0) is 36.6 Å². The lowest BCUT2D eigenvalue weighted by Crippen LogP contribution is -2.25. The summed E-state index contributed by atoms with van der Waals surface area (Å²) in [6.07, 6.45) is 4.01. The lowest BCUT2D eigenvalue weighted by Gasteiger charge is -2.07. The molecule has 0 heterocycles. The molecule has 4 nitrogen and oxygen atoms in total. The third-order valence-electron chi connectivity index (χ3n) is 2.57. The molecule has 1 aromatic carbocycles. The van der Waals surface area contributed by atoms with Gasteiger partial charge in [0.25, 0.3) is 0 Å². The van der Waals surface area contributed by atoms with Gasteiger partial charge in [0.05, 0.1) is 6.10 Å². The van der Waals surface area contributed by atoms with Gasteiger partial charge in [-0.2, -0.15) is 0 Å². The van der Waals surface area contributed by atoms with Gasteiger partial charge in [-0.1, -0.05) is 19.1 Å². The van der Waals surface area contributed by atoms with Crippen LogP contribution in [0.3, 0.4) is 0 Å². The van der Waals surface area contributed by atoms with E-state index in [1.807, 2.05) is 6.92 Å². The molecule has 0 saturated heterocycles. The van der Waals surface area contributed by atoms with Crippen molar-refractivity contribution in [1.29, 1.82) is 0 Å². The highest BCUT2D eigenvalue weighted by atomic mass is 16.3. The predicted molar refractivity (Wildman–Crippen MR) is 71.1 cm³/mol. The third kappa shape index (κ3) is 5.50. The fourth-order valence-electron chi connectivity index (χ4n) is 1.38. The smallest absolute Gasteiger partial charge is 0.244 e. The fourth-order valence-corrected chi connectivity index (χ4v) is 1.38. The van der Waals surface area contributed by atoms with E-state index in [-0.39, 0.29) is 17.8 Å². The Morgan fingerprint density at radius 1 is 1.39 bits per heavy atom. The van der Waals surface area contributed by atoms with Crippen LogP contribution in [-0.4, -0.2) is 28.8 Å². The highest BCUT2D eigenvalue weighted by Crippen LogP contribution is 2.10. The number of amides is 1. The quantitative estimate of drug-likeness (QED) is 0.672. The molecule has 0 aliphatic heterocycles. The van der Waals surface area contributed by atoms with Crippen molar-refractivity contribution in [1.82, 2.24) is 5.32 Å². The van der Waals surface area contributed by atoms with E-state index in [2.05, 4.69) is 5.32 Å². The minimum Gasteiger partial charge on any atom is -0.508 e. The Morgan fingerprint density at radius 3 is 2.67 bits per heavy atom. The van der Waals surface area contributed by atoms with Gasteiger partial charge in [0.2, 0.25) is 5.91 Å². The van der Waals surface area contributed by atoms with E-state index in [0.717, 1.165) is 5.56 Å². The van der Waals surface area contributed by atoms with Crippen molar-refractivity contribution in [2.24, 2.45) is 0 Å². The van der Waals surface area contributed by atoms with Crippen molar-refractivity contribution in [3.8, 4) is 5.75 Å². The minimum atomic E-state index is -0.355. The minimum absolute atomic E-state index is 0.189. The van der Waals surface area contributed by atoms with Crippen LogP contribution in [0.2, 0.25) is 0 Å². The first kappa shape index (κ1) is 14.3. The van der Waals surface area contributed by atoms with Crippen molar-refractivity contribution in [3.63, 3.8) is 0 Å². The molecule has 0 fully saturated rings. The van der Waals surface area contributed by atoms with E-state index in [1.165, 1.54) is 6.08 Å². The van der Waals surface area contributed by atoms with Crippen LogP contribution in [0.5, 0.6) is 5.75 Å². The van der Waals surface area contributed by atoms with E-state index in [4.69, 9.17) is 5.11 Å². The van der Waals surface area contributed by atoms with Crippen molar-refractivity contribution in [3.05, 3.63) is 35.9 Å². The second-order valence-corrected chi connectivity index (χ2v) is 4.07. The van der Waals surface area contributed by atoms with Gasteiger partial charge in [0.1, 0.15) is 5.75 Å². The summed E-state index contributed by atoms with van der Waals surface area (Å²) >= 11 is 0. The maximum absolute atomic E-state index is 11.4. The highest BCUT2D eigenvalue weighted by Gasteiger charge is 2.01. The summed E-state index contributed by atoms with van der Waals surface area (Å²) in [6, 6.07) is 6.57. The molecule has 0 spiro atoms. The Morgan fingerprint density at radius 2 is 2.06 bits per heavy atom. The maximum Gasteiger partial charge on any atom is 0.244 e.